The van der Waals surface area contributed by atoms with E-state index in [0.717, 1.165) is 23.1 Å². The van der Waals surface area contributed by atoms with Gasteiger partial charge in [0.05, 0.1) is 23.6 Å². The minimum atomic E-state index is -1.18. The van der Waals surface area contributed by atoms with Crippen molar-refractivity contribution in [2.75, 3.05) is 0 Å². The van der Waals surface area contributed by atoms with Crippen LogP contribution in [-0.4, -0.2) is 22.1 Å². The quantitative estimate of drug-likeness (QED) is 0.904. The number of benzene rings is 1. The number of carboxylic acid groups (broad SMARTS) is 1. The summed E-state index contributed by atoms with van der Waals surface area (Å²) in [5.41, 5.74) is -0.579. The van der Waals surface area contributed by atoms with Gasteiger partial charge in [0.25, 0.3) is 0 Å². The van der Waals surface area contributed by atoms with Crippen molar-refractivity contribution < 1.29 is 18.7 Å². The summed E-state index contributed by atoms with van der Waals surface area (Å²) in [7, 11) is 0. The number of amides is 1. The predicted octanol–water partition coefficient (Wildman–Crippen LogP) is 3.70. The van der Waals surface area contributed by atoms with Gasteiger partial charge < -0.3 is 5.11 Å². The summed E-state index contributed by atoms with van der Waals surface area (Å²) in [6, 6.07) is 4.01. The van der Waals surface area contributed by atoms with E-state index in [1.54, 1.807) is 13.8 Å². The van der Waals surface area contributed by atoms with Crippen LogP contribution in [0.5, 0.6) is 0 Å². The van der Waals surface area contributed by atoms with Crippen LogP contribution in [-0.2, 0) is 0 Å². The molecule has 21 heavy (non-hydrogen) atoms. The molecule has 0 aromatic heterocycles. The van der Waals surface area contributed by atoms with Gasteiger partial charge in [-0.2, -0.15) is 5.26 Å². The molecule has 1 saturated heterocycles. The first-order valence-electron chi connectivity index (χ1n) is 6.65. The van der Waals surface area contributed by atoms with E-state index >= 15 is 0 Å². The first-order valence-corrected chi connectivity index (χ1v) is 6.65. The van der Waals surface area contributed by atoms with Crippen molar-refractivity contribution in [3.05, 3.63) is 35.4 Å². The molecule has 1 aliphatic heterocycles. The molecule has 4 nitrogen and oxygen atoms in total. The topological polar surface area (TPSA) is 64.3 Å². The van der Waals surface area contributed by atoms with Crippen LogP contribution in [0.4, 0.5) is 13.6 Å². The monoisotopic (exact) mass is 294 g/mol. The molecule has 0 spiro atoms. The number of nitrogens with zero attached hydrogens (tertiary/aromatic N) is 2. The fraction of sp³-hybridized carbons (Fsp3) is 0.467. The summed E-state index contributed by atoms with van der Waals surface area (Å²) in [6.07, 6.45) is -0.267. The second kappa shape index (κ2) is 5.32. The molecule has 1 N–H and O–H groups in total. The van der Waals surface area contributed by atoms with Gasteiger partial charge in [0.1, 0.15) is 11.6 Å². The van der Waals surface area contributed by atoms with E-state index in [4.69, 9.17) is 0 Å². The zero-order valence-corrected chi connectivity index (χ0v) is 11.8. The standard InChI is InChI=1S/C15H16F2N2O2/c1-15(2,8-18)13-4-3-12(19(13)14(20)21)9-5-10(16)7-11(17)6-9/h5-7,12-13H,3-4H2,1-2H3,(H,20,21)/t12-,13+/m0/s1. The average molecular weight is 294 g/mol. The molecule has 2 atom stereocenters. The van der Waals surface area contributed by atoms with Gasteiger partial charge in [-0.05, 0) is 44.4 Å². The van der Waals surface area contributed by atoms with Gasteiger partial charge in [-0.1, -0.05) is 0 Å². The maximum Gasteiger partial charge on any atom is 0.408 e. The van der Waals surface area contributed by atoms with Crippen molar-refractivity contribution in [2.45, 2.75) is 38.8 Å². The predicted molar refractivity (Wildman–Crippen MR) is 71.4 cm³/mol. The summed E-state index contributed by atoms with van der Waals surface area (Å²) < 4.78 is 26.7. The second-order valence-electron chi connectivity index (χ2n) is 5.84. The van der Waals surface area contributed by atoms with Crippen molar-refractivity contribution in [3.63, 3.8) is 0 Å². The highest BCUT2D eigenvalue weighted by atomic mass is 19.1. The highest BCUT2D eigenvalue weighted by Crippen LogP contribution is 2.43. The lowest BCUT2D eigenvalue weighted by atomic mass is 9.85. The van der Waals surface area contributed by atoms with Crippen LogP contribution < -0.4 is 0 Å². The van der Waals surface area contributed by atoms with Gasteiger partial charge in [-0.25, -0.2) is 13.6 Å². The highest BCUT2D eigenvalue weighted by molar-refractivity contribution is 5.67. The van der Waals surface area contributed by atoms with Crippen molar-refractivity contribution in [1.29, 1.82) is 5.26 Å². The Labute approximate surface area is 121 Å². The number of nitriles is 1. The smallest absolute Gasteiger partial charge is 0.408 e. The summed E-state index contributed by atoms with van der Waals surface area (Å²) in [5, 5.41) is 18.7. The lowest BCUT2D eigenvalue weighted by Gasteiger charge is -2.34. The van der Waals surface area contributed by atoms with Gasteiger partial charge in [0, 0.05) is 6.07 Å². The molecule has 1 aliphatic rings. The molecular weight excluding hydrogens is 278 g/mol. The van der Waals surface area contributed by atoms with Gasteiger partial charge in [-0.15, -0.1) is 0 Å². The Hall–Kier alpha value is -2.16. The van der Waals surface area contributed by atoms with Crippen molar-refractivity contribution in [3.8, 4) is 6.07 Å². The third kappa shape index (κ3) is 2.82. The molecule has 2 rings (SSSR count). The molecular formula is C15H16F2N2O2. The molecule has 112 valence electrons. The highest BCUT2D eigenvalue weighted by Gasteiger charge is 2.45. The molecule has 0 bridgehead atoms. The molecule has 0 radical (unpaired) electrons. The number of likely N-dealkylation sites (tertiary alicyclic amines) is 1. The molecule has 0 unspecified atom stereocenters. The molecule has 1 fully saturated rings. The number of hydrogen-bond acceptors (Lipinski definition) is 2. The Kier molecular flexibility index (Phi) is 3.86. The van der Waals surface area contributed by atoms with Gasteiger partial charge >= 0.3 is 6.09 Å². The van der Waals surface area contributed by atoms with Crippen molar-refractivity contribution in [1.82, 2.24) is 4.90 Å². The number of carbonyl (C=O) groups is 1. The SMILES string of the molecule is CC(C)(C#N)[C@H]1CC[C@@H](c2cc(F)cc(F)c2)N1C(=O)O. The maximum atomic E-state index is 13.3. The average Bonchev–Trinajstić information content (AvgIpc) is 2.83. The minimum absolute atomic E-state index is 0.283. The van der Waals surface area contributed by atoms with Gasteiger partial charge in [0.15, 0.2) is 0 Å². The molecule has 1 aromatic carbocycles. The van der Waals surface area contributed by atoms with Crippen LogP contribution in [0, 0.1) is 28.4 Å². The molecule has 0 saturated carbocycles. The number of rotatable bonds is 2. The van der Waals surface area contributed by atoms with E-state index in [9.17, 15) is 23.9 Å². The Morgan fingerprint density at radius 3 is 2.38 bits per heavy atom. The van der Waals surface area contributed by atoms with E-state index in [1.165, 1.54) is 0 Å². The Morgan fingerprint density at radius 1 is 1.33 bits per heavy atom. The zero-order chi connectivity index (χ0) is 15.8. The van der Waals surface area contributed by atoms with E-state index in [0.29, 0.717) is 12.8 Å². The van der Waals surface area contributed by atoms with Crippen LogP contribution in [0.2, 0.25) is 0 Å². The lowest BCUT2D eigenvalue weighted by Crippen LogP contribution is -2.44. The van der Waals surface area contributed by atoms with Gasteiger partial charge in [-0.3, -0.25) is 4.90 Å². The van der Waals surface area contributed by atoms with Crippen LogP contribution in [0.15, 0.2) is 18.2 Å². The summed E-state index contributed by atoms with van der Waals surface area (Å²) >= 11 is 0. The van der Waals surface area contributed by atoms with Crippen LogP contribution >= 0.6 is 0 Å². The van der Waals surface area contributed by atoms with E-state index in [1.807, 2.05) is 0 Å². The third-order valence-electron chi connectivity index (χ3n) is 4.00. The van der Waals surface area contributed by atoms with Crippen LogP contribution in [0.1, 0.15) is 38.3 Å². The van der Waals surface area contributed by atoms with Gasteiger partial charge in [0.2, 0.25) is 0 Å². The summed E-state index contributed by atoms with van der Waals surface area (Å²) in [6.45, 7) is 3.34. The Balaban J connectivity index is 2.41. The van der Waals surface area contributed by atoms with Crippen molar-refractivity contribution in [2.24, 2.45) is 5.41 Å². The van der Waals surface area contributed by atoms with E-state index in [-0.39, 0.29) is 5.56 Å². The molecule has 1 aromatic rings. The largest absolute Gasteiger partial charge is 0.465 e. The number of hydrogen-bond donors (Lipinski definition) is 1. The molecule has 1 amide bonds. The Morgan fingerprint density at radius 2 is 1.90 bits per heavy atom. The van der Waals surface area contributed by atoms with E-state index < -0.39 is 35.2 Å². The lowest BCUT2D eigenvalue weighted by molar-refractivity contribution is 0.0969. The minimum Gasteiger partial charge on any atom is -0.465 e. The first kappa shape index (κ1) is 15.2. The molecule has 0 aliphatic carbocycles. The normalized spacial score (nSPS) is 22.1. The summed E-state index contributed by atoms with van der Waals surface area (Å²) in [4.78, 5) is 12.7. The number of halogens is 2. The second-order valence-corrected chi connectivity index (χ2v) is 5.84. The Bertz CT molecular complexity index is 590. The molecule has 6 heteroatoms. The van der Waals surface area contributed by atoms with Crippen LogP contribution in [0.25, 0.3) is 0 Å². The zero-order valence-electron chi connectivity index (χ0n) is 11.8. The van der Waals surface area contributed by atoms with Crippen molar-refractivity contribution >= 4 is 6.09 Å². The molecule has 1 heterocycles. The van der Waals surface area contributed by atoms with Crippen LogP contribution in [0.3, 0.4) is 0 Å². The fourth-order valence-corrected chi connectivity index (χ4v) is 2.96. The maximum absolute atomic E-state index is 13.3. The fourth-order valence-electron chi connectivity index (χ4n) is 2.96. The first-order chi connectivity index (χ1) is 9.76. The third-order valence-corrected chi connectivity index (χ3v) is 4.00. The summed E-state index contributed by atoms with van der Waals surface area (Å²) in [5.74, 6) is -1.48. The van der Waals surface area contributed by atoms with E-state index in [2.05, 4.69) is 6.07 Å².